The molecule has 22 heavy (non-hydrogen) atoms. The van der Waals surface area contributed by atoms with E-state index in [0.717, 1.165) is 6.42 Å². The van der Waals surface area contributed by atoms with Gasteiger partial charge in [-0.1, -0.05) is 39.0 Å². The largest absolute Gasteiger partial charge is 0.389 e. The van der Waals surface area contributed by atoms with E-state index >= 15 is 0 Å². The lowest BCUT2D eigenvalue weighted by Gasteiger charge is -2.34. The average Bonchev–Trinajstić information content (AvgIpc) is 2.36. The fourth-order valence-electron chi connectivity index (χ4n) is 2.76. The summed E-state index contributed by atoms with van der Waals surface area (Å²) >= 11 is 0. The highest BCUT2D eigenvalue weighted by Gasteiger charge is 2.25. The second-order valence-corrected chi connectivity index (χ2v) is 7.76. The molecule has 0 spiro atoms. The first-order chi connectivity index (χ1) is 10.1. The normalized spacial score (nSPS) is 14.1. The van der Waals surface area contributed by atoms with Crippen LogP contribution in [0.3, 0.4) is 0 Å². The zero-order chi connectivity index (χ0) is 16.8. The van der Waals surface area contributed by atoms with Crippen LogP contribution in [0.4, 0.5) is 4.39 Å². The maximum absolute atomic E-state index is 13.4. The van der Waals surface area contributed by atoms with Crippen LogP contribution in [-0.2, 0) is 11.3 Å². The summed E-state index contributed by atoms with van der Waals surface area (Å²) in [5.74, 6) is -0.276. The Morgan fingerprint density at radius 3 is 2.41 bits per heavy atom. The van der Waals surface area contributed by atoms with E-state index in [1.54, 1.807) is 18.2 Å². The molecule has 1 unspecified atom stereocenters. The van der Waals surface area contributed by atoms with Crippen LogP contribution in [0.1, 0.15) is 46.6 Å². The van der Waals surface area contributed by atoms with E-state index in [-0.39, 0.29) is 30.0 Å². The molecule has 126 valence electrons. The number of β-amino-alcohol motifs (C(OH)–C–C–N with tert-alkyl or cyclic N) is 1. The second kappa shape index (κ2) is 8.04. The average molecular weight is 311 g/mol. The second-order valence-electron chi connectivity index (χ2n) is 7.76. The van der Waals surface area contributed by atoms with Crippen molar-refractivity contribution in [3.05, 3.63) is 35.6 Å². The van der Waals surface area contributed by atoms with Crippen molar-refractivity contribution in [1.29, 1.82) is 0 Å². The molecule has 0 bridgehead atoms. The maximum Gasteiger partial charge on any atom is 0.128 e. The topological polar surface area (TPSA) is 41.5 Å². The van der Waals surface area contributed by atoms with Crippen molar-refractivity contribution in [2.24, 2.45) is 5.41 Å². The van der Waals surface area contributed by atoms with Crippen LogP contribution < -0.4 is 5.32 Å². The Morgan fingerprint density at radius 2 is 1.82 bits per heavy atom. The van der Waals surface area contributed by atoms with Gasteiger partial charge in [-0.05, 0) is 31.7 Å². The van der Waals surface area contributed by atoms with Gasteiger partial charge < -0.3 is 15.2 Å². The van der Waals surface area contributed by atoms with Crippen LogP contribution in [0, 0.1) is 11.2 Å². The van der Waals surface area contributed by atoms with Crippen molar-refractivity contribution in [3.8, 4) is 0 Å². The Kier molecular flexibility index (Phi) is 6.98. The van der Waals surface area contributed by atoms with Crippen molar-refractivity contribution in [1.82, 2.24) is 5.32 Å². The number of ether oxygens (including phenoxy) is 1. The summed E-state index contributed by atoms with van der Waals surface area (Å²) in [5.41, 5.74) is 0.684. The number of hydrogen-bond donors (Lipinski definition) is 2. The number of nitrogens with one attached hydrogen (secondary N) is 1. The summed E-state index contributed by atoms with van der Waals surface area (Å²) in [4.78, 5) is 0. The fourth-order valence-corrected chi connectivity index (χ4v) is 2.76. The quantitative estimate of drug-likeness (QED) is 0.772. The third kappa shape index (κ3) is 7.87. The molecular weight excluding hydrogens is 281 g/mol. The summed E-state index contributed by atoms with van der Waals surface area (Å²) < 4.78 is 18.8. The molecule has 0 amide bonds. The van der Waals surface area contributed by atoms with Crippen LogP contribution in [0.15, 0.2) is 24.3 Å². The summed E-state index contributed by atoms with van der Waals surface area (Å²) in [6.45, 7) is 11.7. The van der Waals surface area contributed by atoms with Gasteiger partial charge in [-0.25, -0.2) is 4.39 Å². The molecule has 0 aromatic heterocycles. The van der Waals surface area contributed by atoms with Gasteiger partial charge in [0.15, 0.2) is 0 Å². The van der Waals surface area contributed by atoms with Gasteiger partial charge in [0, 0.05) is 17.6 Å². The molecule has 0 aliphatic heterocycles. The maximum atomic E-state index is 13.4. The van der Waals surface area contributed by atoms with Crippen molar-refractivity contribution >= 4 is 0 Å². The van der Waals surface area contributed by atoms with Crippen molar-refractivity contribution in [2.75, 3.05) is 13.2 Å². The molecule has 0 fully saturated rings. The lowest BCUT2D eigenvalue weighted by Crippen LogP contribution is -2.46. The Labute approximate surface area is 133 Å². The molecule has 3 nitrogen and oxygen atoms in total. The zero-order valence-corrected chi connectivity index (χ0v) is 14.4. The van der Waals surface area contributed by atoms with Crippen molar-refractivity contribution < 1.29 is 14.2 Å². The summed E-state index contributed by atoms with van der Waals surface area (Å²) in [5, 5.41) is 13.3. The summed E-state index contributed by atoms with van der Waals surface area (Å²) in [6.07, 6.45) is 0.397. The molecule has 0 saturated carbocycles. The van der Waals surface area contributed by atoms with Gasteiger partial charge in [0.05, 0.1) is 19.3 Å². The molecule has 4 heteroatoms. The molecule has 0 heterocycles. The van der Waals surface area contributed by atoms with E-state index in [1.165, 1.54) is 6.07 Å². The van der Waals surface area contributed by atoms with E-state index in [2.05, 4.69) is 39.9 Å². The Bertz CT molecular complexity index is 455. The third-order valence-corrected chi connectivity index (χ3v) is 3.31. The fraction of sp³-hybridized carbons (Fsp3) is 0.667. The first-order valence-electron chi connectivity index (χ1n) is 7.83. The summed E-state index contributed by atoms with van der Waals surface area (Å²) in [6, 6.07) is 6.52. The van der Waals surface area contributed by atoms with Gasteiger partial charge in [0.2, 0.25) is 0 Å². The van der Waals surface area contributed by atoms with Gasteiger partial charge in [-0.2, -0.15) is 0 Å². The highest BCUT2D eigenvalue weighted by molar-refractivity contribution is 5.16. The van der Waals surface area contributed by atoms with Crippen LogP contribution in [0.2, 0.25) is 0 Å². The predicted molar refractivity (Wildman–Crippen MR) is 88.2 cm³/mol. The van der Waals surface area contributed by atoms with Gasteiger partial charge in [0.25, 0.3) is 0 Å². The van der Waals surface area contributed by atoms with E-state index in [0.29, 0.717) is 12.1 Å². The SMILES string of the molecule is CC(C)(C)CC(C)(C)NCC(O)COCc1ccccc1F. The number of rotatable bonds is 8. The van der Waals surface area contributed by atoms with E-state index in [9.17, 15) is 9.50 Å². The van der Waals surface area contributed by atoms with E-state index in [1.807, 2.05) is 0 Å². The first-order valence-corrected chi connectivity index (χ1v) is 7.83. The Morgan fingerprint density at radius 1 is 1.18 bits per heavy atom. The molecule has 0 saturated heterocycles. The summed E-state index contributed by atoms with van der Waals surface area (Å²) in [7, 11) is 0. The molecule has 1 rings (SSSR count). The molecule has 0 radical (unpaired) electrons. The molecule has 1 atom stereocenters. The Balaban J connectivity index is 2.29. The van der Waals surface area contributed by atoms with E-state index in [4.69, 9.17) is 4.74 Å². The Hall–Kier alpha value is -0.970. The zero-order valence-electron chi connectivity index (χ0n) is 14.4. The number of aliphatic hydroxyl groups excluding tert-OH is 1. The number of aliphatic hydroxyl groups is 1. The number of halogens is 1. The highest BCUT2D eigenvalue weighted by Crippen LogP contribution is 2.26. The number of hydrogen-bond acceptors (Lipinski definition) is 3. The number of benzene rings is 1. The minimum Gasteiger partial charge on any atom is -0.389 e. The van der Waals surface area contributed by atoms with Gasteiger partial charge in [-0.15, -0.1) is 0 Å². The minimum absolute atomic E-state index is 0.0508. The van der Waals surface area contributed by atoms with Crippen LogP contribution in [0.25, 0.3) is 0 Å². The molecule has 0 aliphatic rings. The van der Waals surface area contributed by atoms with Gasteiger partial charge in [-0.3, -0.25) is 0 Å². The van der Waals surface area contributed by atoms with Gasteiger partial charge in [0.1, 0.15) is 5.82 Å². The standard InChI is InChI=1S/C18H30FNO2/c1-17(2,3)13-18(4,5)20-10-15(21)12-22-11-14-8-6-7-9-16(14)19/h6-9,15,20-21H,10-13H2,1-5H3. The lowest BCUT2D eigenvalue weighted by atomic mass is 9.82. The molecule has 1 aromatic rings. The first kappa shape index (κ1) is 19.1. The minimum atomic E-state index is -0.606. The molecule has 1 aromatic carbocycles. The van der Waals surface area contributed by atoms with E-state index < -0.39 is 6.10 Å². The smallest absolute Gasteiger partial charge is 0.128 e. The lowest BCUT2D eigenvalue weighted by molar-refractivity contribution is 0.0235. The third-order valence-electron chi connectivity index (χ3n) is 3.31. The van der Waals surface area contributed by atoms with Crippen molar-refractivity contribution in [2.45, 2.75) is 59.3 Å². The molecule has 0 aliphatic carbocycles. The predicted octanol–water partition coefficient (Wildman–Crippen LogP) is 3.51. The molecular formula is C18H30FNO2. The highest BCUT2D eigenvalue weighted by atomic mass is 19.1. The molecule has 2 N–H and O–H groups in total. The van der Waals surface area contributed by atoms with Crippen molar-refractivity contribution in [3.63, 3.8) is 0 Å². The monoisotopic (exact) mass is 311 g/mol. The van der Waals surface area contributed by atoms with Crippen LogP contribution in [0.5, 0.6) is 0 Å². The van der Waals surface area contributed by atoms with Gasteiger partial charge >= 0.3 is 0 Å². The van der Waals surface area contributed by atoms with Crippen LogP contribution in [-0.4, -0.2) is 29.9 Å². The van der Waals surface area contributed by atoms with Crippen LogP contribution >= 0.6 is 0 Å².